The standard InChI is InChI=1S/C59H94O6/c1-4-7-10-13-16-19-22-25-27-29-30-32-34-37-40-43-46-49-52-58(61)64-55-56(54-63-57(60)51-48-45-42-39-36-33-24-21-18-15-12-9-6-3)65-59(62)53-50-47-44-41-38-35-31-28-26-23-20-17-14-11-8-5-2/h9,12,15-16,18-19,21-22,24-25,27-33,35-36,38,56H,4-8,10-11,13-14,17,20,23,26,34,37,39-55H2,1-3H3/b12-9-,18-15-,19-16-,24-21-,25-22-,29-27-,31-28-,32-30-,36-33-,38-35-. The second-order valence-corrected chi connectivity index (χ2v) is 16.9. The molecule has 0 aliphatic carbocycles. The predicted molar refractivity (Wildman–Crippen MR) is 279 cm³/mol. The van der Waals surface area contributed by atoms with E-state index in [-0.39, 0.29) is 37.5 Å². The third-order valence-corrected chi connectivity index (χ3v) is 10.6. The summed E-state index contributed by atoms with van der Waals surface area (Å²) >= 11 is 0. The van der Waals surface area contributed by atoms with Crippen molar-refractivity contribution in [3.63, 3.8) is 0 Å². The molecular formula is C59H94O6. The van der Waals surface area contributed by atoms with Crippen molar-refractivity contribution in [2.45, 2.75) is 219 Å². The number of hydrogen-bond acceptors (Lipinski definition) is 6. The average molecular weight is 899 g/mol. The largest absolute Gasteiger partial charge is 0.462 e. The molecule has 0 N–H and O–H groups in total. The van der Waals surface area contributed by atoms with E-state index in [9.17, 15) is 14.4 Å². The molecule has 1 unspecified atom stereocenters. The minimum Gasteiger partial charge on any atom is -0.462 e. The number of esters is 3. The molecule has 0 heterocycles. The molecule has 0 radical (unpaired) electrons. The first-order valence-electron chi connectivity index (χ1n) is 26.2. The first-order valence-corrected chi connectivity index (χ1v) is 26.2. The van der Waals surface area contributed by atoms with Gasteiger partial charge in [0.05, 0.1) is 0 Å². The van der Waals surface area contributed by atoms with Crippen LogP contribution >= 0.6 is 0 Å². The SMILES string of the molecule is CC\C=C/C=C\C=C/C=C\CCCCCC(=O)OCC(COC(=O)CCCCCCC\C=C/C=C\C=C/C=C\CCCCC)OC(=O)CCCCC/C=C\C=C/CCCCCCCCC. The second-order valence-electron chi connectivity index (χ2n) is 16.9. The molecular weight excluding hydrogens is 805 g/mol. The summed E-state index contributed by atoms with van der Waals surface area (Å²) in [6.07, 6.45) is 71.8. The number of rotatable bonds is 45. The zero-order valence-electron chi connectivity index (χ0n) is 41.7. The van der Waals surface area contributed by atoms with Gasteiger partial charge in [0.2, 0.25) is 0 Å². The Morgan fingerprint density at radius 1 is 0.323 bits per heavy atom. The van der Waals surface area contributed by atoms with Crippen LogP contribution in [-0.4, -0.2) is 37.2 Å². The minimum absolute atomic E-state index is 0.118. The summed E-state index contributed by atoms with van der Waals surface area (Å²) in [5.41, 5.74) is 0. The molecule has 0 bridgehead atoms. The maximum absolute atomic E-state index is 12.8. The van der Waals surface area contributed by atoms with Crippen LogP contribution in [0.5, 0.6) is 0 Å². The van der Waals surface area contributed by atoms with Gasteiger partial charge < -0.3 is 14.2 Å². The predicted octanol–water partition coefficient (Wildman–Crippen LogP) is 17.3. The van der Waals surface area contributed by atoms with Gasteiger partial charge in [-0.25, -0.2) is 0 Å². The van der Waals surface area contributed by atoms with Gasteiger partial charge in [0, 0.05) is 19.3 Å². The van der Waals surface area contributed by atoms with E-state index in [4.69, 9.17) is 14.2 Å². The number of allylic oxidation sites excluding steroid dienone is 20. The molecule has 0 saturated carbocycles. The zero-order valence-corrected chi connectivity index (χ0v) is 41.7. The molecule has 6 heteroatoms. The van der Waals surface area contributed by atoms with Gasteiger partial charge in [-0.3, -0.25) is 14.4 Å². The fourth-order valence-corrected chi connectivity index (χ4v) is 6.69. The Morgan fingerprint density at radius 2 is 0.600 bits per heavy atom. The van der Waals surface area contributed by atoms with Crippen LogP contribution in [0.2, 0.25) is 0 Å². The Labute approximate surface area is 399 Å². The van der Waals surface area contributed by atoms with Crippen molar-refractivity contribution in [3.8, 4) is 0 Å². The first-order chi connectivity index (χ1) is 32.0. The summed E-state index contributed by atoms with van der Waals surface area (Å²) in [6, 6.07) is 0. The van der Waals surface area contributed by atoms with Gasteiger partial charge in [0.15, 0.2) is 6.10 Å². The molecule has 0 aliphatic rings. The third kappa shape index (κ3) is 50.7. The summed E-state index contributed by atoms with van der Waals surface area (Å²) in [5.74, 6) is -1.01. The molecule has 0 fully saturated rings. The van der Waals surface area contributed by atoms with Crippen molar-refractivity contribution >= 4 is 17.9 Å². The summed E-state index contributed by atoms with van der Waals surface area (Å²) < 4.78 is 16.7. The molecule has 0 aromatic rings. The molecule has 1 atom stereocenters. The second kappa shape index (κ2) is 52.4. The van der Waals surface area contributed by atoms with Crippen molar-refractivity contribution in [1.29, 1.82) is 0 Å². The van der Waals surface area contributed by atoms with Gasteiger partial charge in [-0.1, -0.05) is 226 Å². The Kier molecular flexibility index (Phi) is 49.1. The van der Waals surface area contributed by atoms with Crippen molar-refractivity contribution in [1.82, 2.24) is 0 Å². The van der Waals surface area contributed by atoms with Crippen molar-refractivity contribution < 1.29 is 28.6 Å². The lowest BCUT2D eigenvalue weighted by Crippen LogP contribution is -2.30. The number of hydrogen-bond donors (Lipinski definition) is 0. The third-order valence-electron chi connectivity index (χ3n) is 10.6. The summed E-state index contributed by atoms with van der Waals surface area (Å²) in [4.78, 5) is 38.0. The molecule has 0 rings (SSSR count). The quantitative estimate of drug-likeness (QED) is 0.0262. The van der Waals surface area contributed by atoms with Crippen LogP contribution in [0.1, 0.15) is 213 Å². The van der Waals surface area contributed by atoms with Gasteiger partial charge in [-0.05, 0) is 89.9 Å². The first kappa shape index (κ1) is 60.8. The van der Waals surface area contributed by atoms with E-state index >= 15 is 0 Å². The maximum Gasteiger partial charge on any atom is 0.306 e. The number of carbonyl (C=O) groups is 3. The fraction of sp³-hybridized carbons (Fsp3) is 0.610. The molecule has 0 aliphatic heterocycles. The van der Waals surface area contributed by atoms with E-state index in [1.54, 1.807) is 0 Å². The van der Waals surface area contributed by atoms with Crippen molar-refractivity contribution in [3.05, 3.63) is 122 Å². The summed E-state index contributed by atoms with van der Waals surface area (Å²) in [5, 5.41) is 0. The average Bonchev–Trinajstić information content (AvgIpc) is 3.30. The lowest BCUT2D eigenvalue weighted by atomic mass is 10.1. The monoisotopic (exact) mass is 899 g/mol. The molecule has 366 valence electrons. The van der Waals surface area contributed by atoms with E-state index in [0.29, 0.717) is 19.3 Å². The molecule has 6 nitrogen and oxygen atoms in total. The summed E-state index contributed by atoms with van der Waals surface area (Å²) in [6.45, 7) is 6.36. The van der Waals surface area contributed by atoms with E-state index in [2.05, 4.69) is 106 Å². The molecule has 65 heavy (non-hydrogen) atoms. The van der Waals surface area contributed by atoms with Gasteiger partial charge in [-0.15, -0.1) is 0 Å². The van der Waals surface area contributed by atoms with Crippen LogP contribution in [0.4, 0.5) is 0 Å². The smallest absolute Gasteiger partial charge is 0.306 e. The lowest BCUT2D eigenvalue weighted by Gasteiger charge is -2.18. The highest BCUT2D eigenvalue weighted by molar-refractivity contribution is 5.71. The maximum atomic E-state index is 12.8. The summed E-state index contributed by atoms with van der Waals surface area (Å²) in [7, 11) is 0. The van der Waals surface area contributed by atoms with Crippen LogP contribution in [-0.2, 0) is 28.6 Å². The molecule has 0 saturated heterocycles. The van der Waals surface area contributed by atoms with Crippen LogP contribution in [0.3, 0.4) is 0 Å². The zero-order chi connectivity index (χ0) is 47.2. The van der Waals surface area contributed by atoms with Crippen LogP contribution in [0, 0.1) is 0 Å². The van der Waals surface area contributed by atoms with Crippen LogP contribution in [0.15, 0.2) is 122 Å². The van der Waals surface area contributed by atoms with Crippen molar-refractivity contribution in [2.75, 3.05) is 13.2 Å². The molecule has 0 amide bonds. The highest BCUT2D eigenvalue weighted by Gasteiger charge is 2.19. The Balaban J connectivity index is 4.55. The normalized spacial score (nSPS) is 13.1. The number of ether oxygens (including phenoxy) is 3. The van der Waals surface area contributed by atoms with E-state index in [1.807, 2.05) is 36.5 Å². The highest BCUT2D eigenvalue weighted by atomic mass is 16.6. The molecule has 0 aromatic carbocycles. The Hall–Kier alpha value is -4.19. The minimum atomic E-state index is -0.821. The van der Waals surface area contributed by atoms with Gasteiger partial charge in [0.25, 0.3) is 0 Å². The topological polar surface area (TPSA) is 78.9 Å². The van der Waals surface area contributed by atoms with Gasteiger partial charge in [-0.2, -0.15) is 0 Å². The Morgan fingerprint density at radius 3 is 1.00 bits per heavy atom. The Bertz CT molecular complexity index is 1400. The van der Waals surface area contributed by atoms with E-state index in [1.165, 1.54) is 64.2 Å². The molecule has 0 aromatic heterocycles. The van der Waals surface area contributed by atoms with Crippen LogP contribution in [0.25, 0.3) is 0 Å². The lowest BCUT2D eigenvalue weighted by molar-refractivity contribution is -0.167. The molecule has 0 spiro atoms. The van der Waals surface area contributed by atoms with Gasteiger partial charge in [0.1, 0.15) is 13.2 Å². The number of carbonyl (C=O) groups excluding carboxylic acids is 3. The van der Waals surface area contributed by atoms with E-state index in [0.717, 1.165) is 103 Å². The fourth-order valence-electron chi connectivity index (χ4n) is 6.69. The van der Waals surface area contributed by atoms with Crippen LogP contribution < -0.4 is 0 Å². The number of unbranched alkanes of at least 4 members (excludes halogenated alkanes) is 21. The van der Waals surface area contributed by atoms with E-state index < -0.39 is 6.10 Å². The van der Waals surface area contributed by atoms with Gasteiger partial charge >= 0.3 is 17.9 Å². The highest BCUT2D eigenvalue weighted by Crippen LogP contribution is 2.12. The van der Waals surface area contributed by atoms with Crippen molar-refractivity contribution in [2.24, 2.45) is 0 Å².